The second-order valence-electron chi connectivity index (χ2n) is 5.53. The van der Waals surface area contributed by atoms with E-state index in [0.717, 1.165) is 4.47 Å². The normalized spacial score (nSPS) is 11.3. The van der Waals surface area contributed by atoms with Gasteiger partial charge in [0.05, 0.1) is 12.7 Å². The molecule has 1 amide bonds. The summed E-state index contributed by atoms with van der Waals surface area (Å²) in [5.74, 6) is 0.548. The fraction of sp³-hybridized carbons (Fsp3) is 0.533. The van der Waals surface area contributed by atoms with Crippen LogP contribution in [0.2, 0.25) is 0 Å². The molecule has 1 aromatic rings. The first-order chi connectivity index (χ1) is 9.34. The number of methoxy groups -OCH3 is 1. The van der Waals surface area contributed by atoms with Gasteiger partial charge in [0.15, 0.2) is 0 Å². The van der Waals surface area contributed by atoms with Crippen LogP contribution in [0.5, 0.6) is 5.75 Å². The molecule has 0 atom stereocenters. The molecule has 0 aliphatic rings. The van der Waals surface area contributed by atoms with E-state index in [1.54, 1.807) is 24.1 Å². The number of rotatable bonds is 6. The molecule has 0 spiro atoms. The highest BCUT2D eigenvalue weighted by Crippen LogP contribution is 2.26. The second-order valence-corrected chi connectivity index (χ2v) is 6.45. The van der Waals surface area contributed by atoms with Crippen molar-refractivity contribution in [2.24, 2.45) is 11.1 Å². The molecule has 0 aliphatic carbocycles. The summed E-state index contributed by atoms with van der Waals surface area (Å²) in [7, 11) is 1.57. The van der Waals surface area contributed by atoms with E-state index >= 15 is 0 Å². The van der Waals surface area contributed by atoms with Crippen molar-refractivity contribution in [3.05, 3.63) is 28.2 Å². The summed E-state index contributed by atoms with van der Waals surface area (Å²) in [6.45, 7) is 7.88. The van der Waals surface area contributed by atoms with Crippen molar-refractivity contribution in [1.29, 1.82) is 0 Å². The topological polar surface area (TPSA) is 55.6 Å². The third kappa shape index (κ3) is 4.21. The van der Waals surface area contributed by atoms with E-state index in [1.807, 2.05) is 13.0 Å². The fourth-order valence-electron chi connectivity index (χ4n) is 1.92. The van der Waals surface area contributed by atoms with Crippen LogP contribution < -0.4 is 10.5 Å². The van der Waals surface area contributed by atoms with E-state index < -0.39 is 0 Å². The second kappa shape index (κ2) is 7.09. The number of nitrogens with two attached hydrogens (primary N) is 1. The number of carbonyl (C=O) groups is 1. The summed E-state index contributed by atoms with van der Waals surface area (Å²) >= 11 is 3.38. The van der Waals surface area contributed by atoms with Gasteiger partial charge in [0.25, 0.3) is 5.91 Å². The van der Waals surface area contributed by atoms with Crippen molar-refractivity contribution in [2.75, 3.05) is 26.7 Å². The zero-order valence-corrected chi connectivity index (χ0v) is 14.2. The van der Waals surface area contributed by atoms with Crippen molar-refractivity contribution in [2.45, 2.75) is 20.8 Å². The van der Waals surface area contributed by atoms with Crippen LogP contribution in [0.25, 0.3) is 0 Å². The Labute approximate surface area is 129 Å². The number of nitrogens with zero attached hydrogens (tertiary/aromatic N) is 1. The number of ether oxygens (including phenoxy) is 1. The van der Waals surface area contributed by atoms with Gasteiger partial charge in [-0.3, -0.25) is 4.79 Å². The van der Waals surface area contributed by atoms with E-state index in [1.165, 1.54) is 0 Å². The molecule has 2 N–H and O–H groups in total. The van der Waals surface area contributed by atoms with Crippen LogP contribution in [0.4, 0.5) is 0 Å². The Kier molecular flexibility index (Phi) is 6.02. The minimum absolute atomic E-state index is 0.0293. The Morgan fingerprint density at radius 2 is 2.10 bits per heavy atom. The van der Waals surface area contributed by atoms with E-state index in [-0.39, 0.29) is 11.3 Å². The molecule has 5 heteroatoms. The van der Waals surface area contributed by atoms with Crippen molar-refractivity contribution >= 4 is 21.8 Å². The maximum Gasteiger partial charge on any atom is 0.257 e. The van der Waals surface area contributed by atoms with Gasteiger partial charge >= 0.3 is 0 Å². The van der Waals surface area contributed by atoms with Crippen molar-refractivity contribution < 1.29 is 9.53 Å². The zero-order valence-electron chi connectivity index (χ0n) is 12.6. The third-order valence-corrected chi connectivity index (χ3v) is 3.73. The lowest BCUT2D eigenvalue weighted by atomic mass is 9.93. The number of benzene rings is 1. The number of carbonyl (C=O) groups excluding carboxylic acids is 1. The van der Waals surface area contributed by atoms with Crippen LogP contribution in [0.3, 0.4) is 0 Å². The highest BCUT2D eigenvalue weighted by Gasteiger charge is 2.25. The summed E-state index contributed by atoms with van der Waals surface area (Å²) in [5, 5.41) is 0. The molecule has 0 bridgehead atoms. The Morgan fingerprint density at radius 3 is 2.60 bits per heavy atom. The highest BCUT2D eigenvalue weighted by molar-refractivity contribution is 9.10. The number of halogens is 1. The molecule has 0 saturated heterocycles. The molecule has 0 aliphatic heterocycles. The predicted octanol–water partition coefficient (Wildman–Crippen LogP) is 2.90. The molecule has 0 radical (unpaired) electrons. The standard InChI is InChI=1S/C15H23BrN2O2/c1-5-18(10-15(2,3)9-17)14(19)12-7-6-11(16)8-13(12)20-4/h6-8H,5,9-10,17H2,1-4H3. The van der Waals surface area contributed by atoms with Crippen LogP contribution >= 0.6 is 15.9 Å². The Hall–Kier alpha value is -1.07. The average Bonchev–Trinajstić information content (AvgIpc) is 2.43. The molecule has 0 fully saturated rings. The van der Waals surface area contributed by atoms with Crippen LogP contribution in [0.1, 0.15) is 31.1 Å². The summed E-state index contributed by atoms with van der Waals surface area (Å²) < 4.78 is 6.18. The molecule has 1 rings (SSSR count). The van der Waals surface area contributed by atoms with Crippen molar-refractivity contribution in [3.63, 3.8) is 0 Å². The van der Waals surface area contributed by atoms with E-state index in [2.05, 4.69) is 29.8 Å². The number of hydrogen-bond donors (Lipinski definition) is 1. The molecule has 4 nitrogen and oxygen atoms in total. The highest BCUT2D eigenvalue weighted by atomic mass is 79.9. The van der Waals surface area contributed by atoms with Gasteiger partial charge in [-0.05, 0) is 37.1 Å². The minimum atomic E-state index is -0.103. The largest absolute Gasteiger partial charge is 0.496 e. The summed E-state index contributed by atoms with van der Waals surface area (Å²) in [6.07, 6.45) is 0. The minimum Gasteiger partial charge on any atom is -0.496 e. The maximum atomic E-state index is 12.7. The van der Waals surface area contributed by atoms with Gasteiger partial charge in [0.2, 0.25) is 0 Å². The van der Waals surface area contributed by atoms with Gasteiger partial charge in [-0.2, -0.15) is 0 Å². The summed E-state index contributed by atoms with van der Waals surface area (Å²) in [5.41, 5.74) is 6.23. The lowest BCUT2D eigenvalue weighted by Crippen LogP contribution is -2.42. The first-order valence-corrected chi connectivity index (χ1v) is 7.47. The molecular weight excluding hydrogens is 320 g/mol. The van der Waals surface area contributed by atoms with E-state index in [9.17, 15) is 4.79 Å². The SMILES string of the molecule is CCN(CC(C)(C)CN)C(=O)c1ccc(Br)cc1OC. The van der Waals surface area contributed by atoms with Crippen LogP contribution in [0.15, 0.2) is 22.7 Å². The Bertz CT molecular complexity index is 475. The lowest BCUT2D eigenvalue weighted by Gasteiger charge is -2.31. The Morgan fingerprint density at radius 1 is 1.45 bits per heavy atom. The van der Waals surface area contributed by atoms with E-state index in [0.29, 0.717) is 30.9 Å². The summed E-state index contributed by atoms with van der Waals surface area (Å²) in [6, 6.07) is 5.43. The van der Waals surface area contributed by atoms with Gasteiger partial charge in [-0.1, -0.05) is 29.8 Å². The first kappa shape index (κ1) is 17.0. The van der Waals surface area contributed by atoms with Gasteiger partial charge in [0, 0.05) is 17.6 Å². The smallest absolute Gasteiger partial charge is 0.257 e. The monoisotopic (exact) mass is 342 g/mol. The van der Waals surface area contributed by atoms with Gasteiger partial charge < -0.3 is 15.4 Å². The van der Waals surface area contributed by atoms with Crippen LogP contribution in [-0.4, -0.2) is 37.6 Å². The molecular formula is C15H23BrN2O2. The van der Waals surface area contributed by atoms with Gasteiger partial charge in [0.1, 0.15) is 5.75 Å². The van der Waals surface area contributed by atoms with Gasteiger partial charge in [-0.25, -0.2) is 0 Å². The molecule has 20 heavy (non-hydrogen) atoms. The van der Waals surface area contributed by atoms with Gasteiger partial charge in [-0.15, -0.1) is 0 Å². The van der Waals surface area contributed by atoms with Crippen LogP contribution in [0, 0.1) is 5.41 Å². The first-order valence-electron chi connectivity index (χ1n) is 6.67. The zero-order chi connectivity index (χ0) is 15.3. The van der Waals surface area contributed by atoms with Crippen LogP contribution in [-0.2, 0) is 0 Å². The maximum absolute atomic E-state index is 12.7. The van der Waals surface area contributed by atoms with Crippen molar-refractivity contribution in [1.82, 2.24) is 4.90 Å². The third-order valence-electron chi connectivity index (χ3n) is 3.23. The molecule has 0 unspecified atom stereocenters. The molecule has 0 heterocycles. The fourth-order valence-corrected chi connectivity index (χ4v) is 2.26. The molecule has 112 valence electrons. The predicted molar refractivity (Wildman–Crippen MR) is 85.1 cm³/mol. The summed E-state index contributed by atoms with van der Waals surface area (Å²) in [4.78, 5) is 14.5. The Balaban J connectivity index is 3.02. The molecule has 0 aromatic heterocycles. The quantitative estimate of drug-likeness (QED) is 0.864. The number of hydrogen-bond acceptors (Lipinski definition) is 3. The molecule has 1 aromatic carbocycles. The average molecular weight is 343 g/mol. The lowest BCUT2D eigenvalue weighted by molar-refractivity contribution is 0.0697. The number of amides is 1. The van der Waals surface area contributed by atoms with Crippen molar-refractivity contribution in [3.8, 4) is 5.75 Å². The van der Waals surface area contributed by atoms with E-state index in [4.69, 9.17) is 10.5 Å². The molecule has 0 saturated carbocycles.